The molecule has 0 spiro atoms. The van der Waals surface area contributed by atoms with Gasteiger partial charge in [-0.25, -0.2) is 8.42 Å². The van der Waals surface area contributed by atoms with Gasteiger partial charge in [-0.3, -0.25) is 4.98 Å². The number of hydrogen-bond donors (Lipinski definition) is 0. The van der Waals surface area contributed by atoms with Crippen LogP contribution in [0.4, 0.5) is 0 Å². The zero-order valence-electron chi connectivity index (χ0n) is 13.9. The lowest BCUT2D eigenvalue weighted by Crippen LogP contribution is -2.04. The number of aromatic nitrogens is 1. The predicted octanol–water partition coefficient (Wildman–Crippen LogP) is 4.07. The van der Waals surface area contributed by atoms with E-state index in [9.17, 15) is 13.7 Å². The molecule has 25 heavy (non-hydrogen) atoms. The van der Waals surface area contributed by atoms with Gasteiger partial charge in [0.25, 0.3) is 0 Å². The average Bonchev–Trinajstić information content (AvgIpc) is 2.62. The molecule has 0 saturated heterocycles. The quantitative estimate of drug-likeness (QED) is 0.715. The van der Waals surface area contributed by atoms with E-state index in [0.29, 0.717) is 5.69 Å². The van der Waals surface area contributed by atoms with Gasteiger partial charge in [-0.2, -0.15) is 5.26 Å². The third-order valence-corrected chi connectivity index (χ3v) is 5.69. The predicted molar refractivity (Wildman–Crippen MR) is 95.8 cm³/mol. The number of nitriles is 1. The molecule has 0 saturated carbocycles. The van der Waals surface area contributed by atoms with Crippen molar-refractivity contribution >= 4 is 9.84 Å². The van der Waals surface area contributed by atoms with Crippen LogP contribution in [0.1, 0.15) is 16.7 Å². The first-order chi connectivity index (χ1) is 11.9. The van der Waals surface area contributed by atoms with Gasteiger partial charge in [0.2, 0.25) is 9.84 Å². The standard InChI is InChI=1S/C20H16N2O2S/c1-14-3-7-16(8-4-14)20-17(12-21)11-19(13-22-20)25(23,24)18-9-5-15(2)6-10-18/h3-11,13H,1-2H3. The maximum atomic E-state index is 12.8. The van der Waals surface area contributed by atoms with Gasteiger partial charge in [-0.15, -0.1) is 0 Å². The molecule has 3 rings (SSSR count). The van der Waals surface area contributed by atoms with E-state index < -0.39 is 9.84 Å². The number of benzene rings is 2. The molecule has 0 aliphatic heterocycles. The van der Waals surface area contributed by atoms with Crippen LogP contribution in [-0.4, -0.2) is 13.4 Å². The van der Waals surface area contributed by atoms with E-state index in [0.717, 1.165) is 16.7 Å². The van der Waals surface area contributed by atoms with E-state index >= 15 is 0 Å². The fourth-order valence-electron chi connectivity index (χ4n) is 2.47. The molecule has 2 aromatic carbocycles. The van der Waals surface area contributed by atoms with Gasteiger partial charge in [-0.1, -0.05) is 47.5 Å². The lowest BCUT2D eigenvalue weighted by molar-refractivity contribution is 0.595. The van der Waals surface area contributed by atoms with Crippen molar-refractivity contribution in [3.05, 3.63) is 77.5 Å². The van der Waals surface area contributed by atoms with Crippen molar-refractivity contribution in [3.63, 3.8) is 0 Å². The lowest BCUT2D eigenvalue weighted by Gasteiger charge is -2.08. The molecule has 0 atom stereocenters. The molecule has 0 aliphatic rings. The largest absolute Gasteiger partial charge is 0.253 e. The van der Waals surface area contributed by atoms with Gasteiger partial charge in [0.05, 0.1) is 21.0 Å². The Morgan fingerprint density at radius 3 is 2.00 bits per heavy atom. The molecule has 3 aromatic rings. The molecule has 0 radical (unpaired) electrons. The van der Waals surface area contributed by atoms with Gasteiger partial charge in [0.1, 0.15) is 6.07 Å². The molecule has 4 nitrogen and oxygen atoms in total. The Labute approximate surface area is 147 Å². The third-order valence-electron chi connectivity index (χ3n) is 3.95. The fourth-order valence-corrected chi connectivity index (χ4v) is 3.70. The summed E-state index contributed by atoms with van der Waals surface area (Å²) in [5.74, 6) is 0. The Morgan fingerprint density at radius 1 is 0.880 bits per heavy atom. The Hall–Kier alpha value is -2.97. The summed E-state index contributed by atoms with van der Waals surface area (Å²) in [7, 11) is -3.71. The van der Waals surface area contributed by atoms with E-state index in [2.05, 4.69) is 11.1 Å². The Balaban J connectivity index is 2.09. The Kier molecular flexibility index (Phi) is 4.39. The maximum Gasteiger partial charge on any atom is 0.208 e. The van der Waals surface area contributed by atoms with Gasteiger partial charge in [-0.05, 0) is 32.0 Å². The summed E-state index contributed by atoms with van der Waals surface area (Å²) in [5.41, 5.74) is 3.56. The van der Waals surface area contributed by atoms with Gasteiger partial charge in [0.15, 0.2) is 0 Å². The van der Waals surface area contributed by atoms with Crippen LogP contribution in [0.2, 0.25) is 0 Å². The molecule has 0 aliphatic carbocycles. The van der Waals surface area contributed by atoms with Gasteiger partial charge < -0.3 is 0 Å². The molecule has 0 fully saturated rings. The summed E-state index contributed by atoms with van der Waals surface area (Å²) in [6.07, 6.45) is 1.31. The van der Waals surface area contributed by atoms with Crippen molar-refractivity contribution in [3.8, 4) is 17.3 Å². The highest BCUT2D eigenvalue weighted by Gasteiger charge is 2.20. The normalized spacial score (nSPS) is 11.1. The minimum absolute atomic E-state index is 0.0174. The highest BCUT2D eigenvalue weighted by Crippen LogP contribution is 2.26. The van der Waals surface area contributed by atoms with Crippen molar-refractivity contribution < 1.29 is 8.42 Å². The topological polar surface area (TPSA) is 70.8 Å². The van der Waals surface area contributed by atoms with Gasteiger partial charge >= 0.3 is 0 Å². The van der Waals surface area contributed by atoms with Crippen LogP contribution in [0.25, 0.3) is 11.3 Å². The smallest absolute Gasteiger partial charge is 0.208 e. The molecule has 124 valence electrons. The Bertz CT molecular complexity index is 1060. The van der Waals surface area contributed by atoms with Crippen LogP contribution in [0.15, 0.2) is 70.6 Å². The zero-order valence-corrected chi connectivity index (χ0v) is 14.7. The van der Waals surface area contributed by atoms with E-state index in [4.69, 9.17) is 0 Å². The molecule has 1 heterocycles. The van der Waals surface area contributed by atoms with E-state index in [1.807, 2.05) is 38.1 Å². The Morgan fingerprint density at radius 2 is 1.44 bits per heavy atom. The number of aryl methyl sites for hydroxylation is 2. The van der Waals surface area contributed by atoms with Crippen LogP contribution in [-0.2, 0) is 9.84 Å². The van der Waals surface area contributed by atoms with Crippen LogP contribution in [0.5, 0.6) is 0 Å². The van der Waals surface area contributed by atoms with Crippen LogP contribution >= 0.6 is 0 Å². The summed E-state index contributed by atoms with van der Waals surface area (Å²) >= 11 is 0. The number of rotatable bonds is 3. The molecule has 0 unspecified atom stereocenters. The SMILES string of the molecule is Cc1ccc(-c2ncc(S(=O)(=O)c3ccc(C)cc3)cc2C#N)cc1. The zero-order chi connectivity index (χ0) is 18.0. The molecule has 0 N–H and O–H groups in total. The third kappa shape index (κ3) is 3.30. The van der Waals surface area contributed by atoms with Crippen molar-refractivity contribution in [1.82, 2.24) is 4.98 Å². The maximum absolute atomic E-state index is 12.8. The first-order valence-electron chi connectivity index (χ1n) is 7.71. The average molecular weight is 348 g/mol. The van der Waals surface area contributed by atoms with E-state index in [-0.39, 0.29) is 15.4 Å². The van der Waals surface area contributed by atoms with Crippen molar-refractivity contribution in [1.29, 1.82) is 5.26 Å². The molecule has 0 bridgehead atoms. The first-order valence-corrected chi connectivity index (χ1v) is 9.19. The monoisotopic (exact) mass is 348 g/mol. The minimum Gasteiger partial charge on any atom is -0.253 e. The van der Waals surface area contributed by atoms with Crippen molar-refractivity contribution in [2.75, 3.05) is 0 Å². The first kappa shape index (κ1) is 16.9. The summed E-state index contributed by atoms with van der Waals surface area (Å²) in [4.78, 5) is 4.46. The minimum atomic E-state index is -3.71. The van der Waals surface area contributed by atoms with Crippen LogP contribution < -0.4 is 0 Å². The number of nitrogens with zero attached hydrogens (tertiary/aromatic N) is 2. The highest BCUT2D eigenvalue weighted by atomic mass is 32.2. The molecule has 5 heteroatoms. The van der Waals surface area contributed by atoms with Crippen molar-refractivity contribution in [2.45, 2.75) is 23.6 Å². The highest BCUT2D eigenvalue weighted by molar-refractivity contribution is 7.91. The van der Waals surface area contributed by atoms with Crippen molar-refractivity contribution in [2.24, 2.45) is 0 Å². The molecular formula is C20H16N2O2S. The van der Waals surface area contributed by atoms with Gasteiger partial charge in [0, 0.05) is 11.8 Å². The number of pyridine rings is 1. The second-order valence-corrected chi connectivity index (χ2v) is 7.81. The van der Waals surface area contributed by atoms with Crippen LogP contribution in [0.3, 0.4) is 0 Å². The number of hydrogen-bond acceptors (Lipinski definition) is 4. The summed E-state index contributed by atoms with van der Waals surface area (Å²) in [6.45, 7) is 3.86. The molecule has 1 aromatic heterocycles. The molecular weight excluding hydrogens is 332 g/mol. The van der Waals surface area contributed by atoms with Crippen LogP contribution in [0, 0.1) is 25.2 Å². The number of sulfone groups is 1. The summed E-state index contributed by atoms with van der Waals surface area (Å²) in [6, 6.07) is 17.6. The summed E-state index contributed by atoms with van der Waals surface area (Å²) in [5, 5.41) is 9.45. The second kappa shape index (κ2) is 6.50. The fraction of sp³-hybridized carbons (Fsp3) is 0.100. The second-order valence-electron chi connectivity index (χ2n) is 5.86. The summed E-state index contributed by atoms with van der Waals surface area (Å²) < 4.78 is 25.5. The van der Waals surface area contributed by atoms with E-state index in [1.54, 1.807) is 24.3 Å². The molecule has 0 amide bonds. The van der Waals surface area contributed by atoms with E-state index in [1.165, 1.54) is 12.3 Å². The lowest BCUT2D eigenvalue weighted by atomic mass is 10.1.